The molecule has 1 aliphatic heterocycles. The summed E-state index contributed by atoms with van der Waals surface area (Å²) in [6.07, 6.45) is 12.9. The van der Waals surface area contributed by atoms with Gasteiger partial charge in [-0.25, -0.2) is 0 Å². The number of nitrogens with one attached hydrogen (secondary N) is 1. The summed E-state index contributed by atoms with van der Waals surface area (Å²) in [5, 5.41) is 4.02. The first-order valence-electron chi connectivity index (χ1n) is 9.26. The van der Waals surface area contributed by atoms with Crippen LogP contribution in [-0.4, -0.2) is 36.1 Å². The van der Waals surface area contributed by atoms with Crippen LogP contribution in [0.15, 0.2) is 0 Å². The van der Waals surface area contributed by atoms with Gasteiger partial charge in [0.15, 0.2) is 0 Å². The van der Waals surface area contributed by atoms with E-state index in [1.165, 1.54) is 70.9 Å². The fourth-order valence-electron chi connectivity index (χ4n) is 4.47. The summed E-state index contributed by atoms with van der Waals surface area (Å²) in [5.74, 6) is 1.94. The predicted molar refractivity (Wildman–Crippen MR) is 86.0 cm³/mol. The lowest BCUT2D eigenvalue weighted by atomic mass is 9.88. The lowest BCUT2D eigenvalue weighted by Gasteiger charge is -2.43. The summed E-state index contributed by atoms with van der Waals surface area (Å²) < 4.78 is 0. The van der Waals surface area contributed by atoms with Gasteiger partial charge in [0.05, 0.1) is 0 Å². The van der Waals surface area contributed by atoms with Crippen molar-refractivity contribution in [1.29, 1.82) is 0 Å². The van der Waals surface area contributed by atoms with Gasteiger partial charge in [-0.3, -0.25) is 4.90 Å². The number of likely N-dealkylation sites (tertiary alicyclic amines) is 1. The summed E-state index contributed by atoms with van der Waals surface area (Å²) in [5.41, 5.74) is 0. The zero-order chi connectivity index (χ0) is 13.9. The van der Waals surface area contributed by atoms with Gasteiger partial charge in [0.1, 0.15) is 0 Å². The van der Waals surface area contributed by atoms with Crippen molar-refractivity contribution in [3.63, 3.8) is 0 Å². The van der Waals surface area contributed by atoms with E-state index in [1.807, 2.05) is 0 Å². The summed E-state index contributed by atoms with van der Waals surface area (Å²) in [6.45, 7) is 7.53. The van der Waals surface area contributed by atoms with Crippen LogP contribution in [0.1, 0.15) is 71.6 Å². The van der Waals surface area contributed by atoms with E-state index in [4.69, 9.17) is 0 Å². The quantitative estimate of drug-likeness (QED) is 0.822. The second-order valence-electron chi connectivity index (χ2n) is 7.74. The van der Waals surface area contributed by atoms with Gasteiger partial charge in [-0.15, -0.1) is 0 Å². The van der Waals surface area contributed by atoms with Crippen molar-refractivity contribution in [2.24, 2.45) is 11.8 Å². The largest absolute Gasteiger partial charge is 0.310 e. The van der Waals surface area contributed by atoms with Gasteiger partial charge in [0, 0.05) is 31.2 Å². The Bertz CT molecular complexity index is 294. The van der Waals surface area contributed by atoms with E-state index in [-0.39, 0.29) is 0 Å². The van der Waals surface area contributed by atoms with Gasteiger partial charge in [0.25, 0.3) is 0 Å². The summed E-state index contributed by atoms with van der Waals surface area (Å²) in [4.78, 5) is 2.82. The number of rotatable bonds is 5. The predicted octanol–water partition coefficient (Wildman–Crippen LogP) is 3.81. The Balaban J connectivity index is 1.54. The fraction of sp³-hybridized carbons (Fsp3) is 1.00. The van der Waals surface area contributed by atoms with E-state index in [2.05, 4.69) is 24.1 Å². The molecule has 3 atom stereocenters. The third-order valence-corrected chi connectivity index (χ3v) is 6.10. The maximum atomic E-state index is 4.02. The molecule has 0 radical (unpaired) electrons. The fourth-order valence-corrected chi connectivity index (χ4v) is 4.47. The smallest absolute Gasteiger partial charge is 0.0200 e. The minimum atomic E-state index is 0.762. The van der Waals surface area contributed by atoms with Gasteiger partial charge in [-0.1, -0.05) is 32.6 Å². The maximum Gasteiger partial charge on any atom is 0.0200 e. The topological polar surface area (TPSA) is 15.3 Å². The minimum absolute atomic E-state index is 0.762. The molecule has 1 N–H and O–H groups in total. The second-order valence-corrected chi connectivity index (χ2v) is 7.74. The lowest BCUT2D eigenvalue weighted by Crippen LogP contribution is -2.54. The molecule has 2 nitrogen and oxygen atoms in total. The summed E-state index contributed by atoms with van der Waals surface area (Å²) in [7, 11) is 0. The number of hydrogen-bond acceptors (Lipinski definition) is 2. The first-order chi connectivity index (χ1) is 9.76. The molecule has 0 amide bonds. The molecule has 1 heterocycles. The third kappa shape index (κ3) is 3.76. The van der Waals surface area contributed by atoms with Crippen molar-refractivity contribution in [3.05, 3.63) is 0 Å². The van der Waals surface area contributed by atoms with Crippen molar-refractivity contribution in [1.82, 2.24) is 10.2 Å². The standard InChI is InChI=1S/C18H34N2/c1-3-15-11-18(19-17-7-5-4-6-8-17)13-20(12-15)14(2)16-9-10-16/h14-19H,3-13H2,1-2H3. The van der Waals surface area contributed by atoms with Gasteiger partial charge < -0.3 is 5.32 Å². The zero-order valence-corrected chi connectivity index (χ0v) is 13.6. The van der Waals surface area contributed by atoms with Crippen LogP contribution in [0, 0.1) is 11.8 Å². The zero-order valence-electron chi connectivity index (χ0n) is 13.6. The van der Waals surface area contributed by atoms with Crippen LogP contribution in [0.2, 0.25) is 0 Å². The average Bonchev–Trinajstić information content (AvgIpc) is 3.32. The molecular formula is C18H34N2. The SMILES string of the molecule is CCC1CC(NC2CCCCC2)CN(C(C)C2CC2)C1. The molecule has 0 aromatic heterocycles. The highest BCUT2D eigenvalue weighted by Crippen LogP contribution is 2.37. The maximum absolute atomic E-state index is 4.02. The van der Waals surface area contributed by atoms with Crippen LogP contribution in [0.25, 0.3) is 0 Å². The Labute approximate surface area is 125 Å². The molecule has 3 aliphatic rings. The molecule has 3 rings (SSSR count). The second kappa shape index (κ2) is 6.79. The highest BCUT2D eigenvalue weighted by molar-refractivity contribution is 4.92. The van der Waals surface area contributed by atoms with Crippen LogP contribution in [0.3, 0.4) is 0 Å². The van der Waals surface area contributed by atoms with Gasteiger partial charge in [0.2, 0.25) is 0 Å². The van der Waals surface area contributed by atoms with Crippen molar-refractivity contribution < 1.29 is 0 Å². The Morgan fingerprint density at radius 1 is 1.00 bits per heavy atom. The van der Waals surface area contributed by atoms with Crippen LogP contribution >= 0.6 is 0 Å². The molecular weight excluding hydrogens is 244 g/mol. The lowest BCUT2D eigenvalue weighted by molar-refractivity contribution is 0.0862. The summed E-state index contributed by atoms with van der Waals surface area (Å²) in [6, 6.07) is 2.42. The molecule has 0 spiro atoms. The normalized spacial score (nSPS) is 35.1. The van der Waals surface area contributed by atoms with Crippen molar-refractivity contribution in [2.45, 2.75) is 89.8 Å². The minimum Gasteiger partial charge on any atom is -0.310 e. The van der Waals surface area contributed by atoms with Crippen LogP contribution in [-0.2, 0) is 0 Å². The molecule has 20 heavy (non-hydrogen) atoms. The Morgan fingerprint density at radius 2 is 1.75 bits per heavy atom. The number of piperidine rings is 1. The molecule has 0 bridgehead atoms. The molecule has 3 fully saturated rings. The van der Waals surface area contributed by atoms with Crippen LogP contribution in [0.4, 0.5) is 0 Å². The van der Waals surface area contributed by atoms with E-state index in [0.29, 0.717) is 0 Å². The van der Waals surface area contributed by atoms with Gasteiger partial charge in [-0.05, 0) is 50.9 Å². The number of hydrogen-bond donors (Lipinski definition) is 1. The van der Waals surface area contributed by atoms with Gasteiger partial charge in [-0.2, -0.15) is 0 Å². The number of nitrogens with zero attached hydrogens (tertiary/aromatic N) is 1. The monoisotopic (exact) mass is 278 g/mol. The van der Waals surface area contributed by atoms with E-state index in [1.54, 1.807) is 0 Å². The Morgan fingerprint density at radius 3 is 2.40 bits per heavy atom. The highest BCUT2D eigenvalue weighted by atomic mass is 15.2. The summed E-state index contributed by atoms with van der Waals surface area (Å²) >= 11 is 0. The molecule has 2 saturated carbocycles. The average molecular weight is 278 g/mol. The Kier molecular flexibility index (Phi) is 5.04. The van der Waals surface area contributed by atoms with Crippen molar-refractivity contribution in [3.8, 4) is 0 Å². The van der Waals surface area contributed by atoms with Crippen LogP contribution in [0.5, 0.6) is 0 Å². The van der Waals surface area contributed by atoms with E-state index >= 15 is 0 Å². The third-order valence-electron chi connectivity index (χ3n) is 6.10. The molecule has 1 saturated heterocycles. The molecule has 0 aromatic carbocycles. The molecule has 2 aliphatic carbocycles. The van der Waals surface area contributed by atoms with Gasteiger partial charge >= 0.3 is 0 Å². The molecule has 116 valence electrons. The molecule has 2 heteroatoms. The Hall–Kier alpha value is -0.0800. The van der Waals surface area contributed by atoms with E-state index in [9.17, 15) is 0 Å². The van der Waals surface area contributed by atoms with Crippen LogP contribution < -0.4 is 5.32 Å². The first kappa shape index (κ1) is 14.8. The van der Waals surface area contributed by atoms with Crippen molar-refractivity contribution >= 4 is 0 Å². The first-order valence-corrected chi connectivity index (χ1v) is 9.26. The molecule has 3 unspecified atom stereocenters. The van der Waals surface area contributed by atoms with E-state index in [0.717, 1.165) is 30.0 Å². The molecule has 0 aromatic rings. The van der Waals surface area contributed by atoms with E-state index < -0.39 is 0 Å². The highest BCUT2D eigenvalue weighted by Gasteiger charge is 2.36. The van der Waals surface area contributed by atoms with Crippen molar-refractivity contribution in [2.75, 3.05) is 13.1 Å².